The van der Waals surface area contributed by atoms with Crippen molar-refractivity contribution in [1.82, 2.24) is 19.4 Å². The van der Waals surface area contributed by atoms with E-state index < -0.39 is 0 Å². The summed E-state index contributed by atoms with van der Waals surface area (Å²) in [5.74, 6) is 0. The SMILES string of the molecule is Cc1cc(CN2CCc3[nH]c(=S)[nH]c(=O)c3C2)c(C)n1-c1ccccc1. The summed E-state index contributed by atoms with van der Waals surface area (Å²) >= 11 is 5.07. The second-order valence-corrected chi connectivity index (χ2v) is 7.30. The lowest BCUT2D eigenvalue weighted by atomic mass is 10.1. The first kappa shape index (κ1) is 17.0. The number of hydrogen-bond donors (Lipinski definition) is 2. The zero-order valence-corrected chi connectivity index (χ0v) is 15.8. The molecule has 2 aromatic heterocycles. The minimum Gasteiger partial charge on any atom is -0.335 e. The van der Waals surface area contributed by atoms with Crippen LogP contribution in [0.2, 0.25) is 0 Å². The van der Waals surface area contributed by atoms with E-state index in [2.05, 4.69) is 63.6 Å². The Morgan fingerprint density at radius 1 is 1.15 bits per heavy atom. The van der Waals surface area contributed by atoms with E-state index in [4.69, 9.17) is 12.2 Å². The average Bonchev–Trinajstić information content (AvgIpc) is 2.89. The lowest BCUT2D eigenvalue weighted by Crippen LogP contribution is -2.35. The molecule has 5 nitrogen and oxygen atoms in total. The van der Waals surface area contributed by atoms with Gasteiger partial charge in [-0.1, -0.05) is 18.2 Å². The van der Waals surface area contributed by atoms with Gasteiger partial charge in [0.2, 0.25) is 0 Å². The largest absolute Gasteiger partial charge is 0.335 e. The Labute approximate surface area is 157 Å². The van der Waals surface area contributed by atoms with Gasteiger partial charge >= 0.3 is 0 Å². The molecule has 0 saturated carbocycles. The molecule has 0 saturated heterocycles. The Bertz CT molecular complexity index is 1060. The fourth-order valence-electron chi connectivity index (χ4n) is 3.85. The first-order chi connectivity index (χ1) is 12.5. The number of H-pyrrole nitrogens is 2. The van der Waals surface area contributed by atoms with Gasteiger partial charge < -0.3 is 9.55 Å². The van der Waals surface area contributed by atoms with Crippen LogP contribution >= 0.6 is 12.2 Å². The van der Waals surface area contributed by atoms with Crippen LogP contribution in [0.25, 0.3) is 5.69 Å². The van der Waals surface area contributed by atoms with Gasteiger partial charge in [0.25, 0.3) is 5.56 Å². The molecule has 0 fully saturated rings. The fraction of sp³-hybridized carbons (Fsp3) is 0.300. The molecule has 0 atom stereocenters. The summed E-state index contributed by atoms with van der Waals surface area (Å²) in [7, 11) is 0. The highest BCUT2D eigenvalue weighted by Gasteiger charge is 2.21. The van der Waals surface area contributed by atoms with E-state index in [0.29, 0.717) is 11.3 Å². The number of nitrogens with one attached hydrogen (secondary N) is 2. The Morgan fingerprint density at radius 3 is 2.69 bits per heavy atom. The molecule has 0 aliphatic carbocycles. The number of benzene rings is 1. The van der Waals surface area contributed by atoms with Gasteiger partial charge in [-0.3, -0.25) is 14.7 Å². The van der Waals surface area contributed by atoms with Gasteiger partial charge in [-0.25, -0.2) is 0 Å². The predicted octanol–water partition coefficient (Wildman–Crippen LogP) is 3.40. The van der Waals surface area contributed by atoms with Gasteiger partial charge in [0.05, 0.1) is 5.56 Å². The van der Waals surface area contributed by atoms with Crippen molar-refractivity contribution in [2.75, 3.05) is 6.54 Å². The zero-order valence-electron chi connectivity index (χ0n) is 15.0. The number of aromatic nitrogens is 3. The van der Waals surface area contributed by atoms with Crippen molar-refractivity contribution < 1.29 is 0 Å². The maximum Gasteiger partial charge on any atom is 0.256 e. The van der Waals surface area contributed by atoms with Gasteiger partial charge in [0, 0.05) is 48.8 Å². The summed E-state index contributed by atoms with van der Waals surface area (Å²) in [5, 5.41) is 0. The Kier molecular flexibility index (Phi) is 4.38. The van der Waals surface area contributed by atoms with Gasteiger partial charge in [-0.2, -0.15) is 0 Å². The van der Waals surface area contributed by atoms with E-state index in [9.17, 15) is 4.79 Å². The lowest BCUT2D eigenvalue weighted by molar-refractivity contribution is 0.241. The molecule has 6 heteroatoms. The molecule has 0 radical (unpaired) electrons. The molecule has 1 aliphatic rings. The van der Waals surface area contributed by atoms with Crippen LogP contribution < -0.4 is 5.56 Å². The minimum absolute atomic E-state index is 0.0665. The normalized spacial score (nSPS) is 14.4. The summed E-state index contributed by atoms with van der Waals surface area (Å²) in [6, 6.07) is 12.7. The van der Waals surface area contributed by atoms with Gasteiger partial charge in [-0.05, 0) is 49.8 Å². The quantitative estimate of drug-likeness (QED) is 0.699. The highest BCUT2D eigenvalue weighted by molar-refractivity contribution is 7.71. The molecule has 134 valence electrons. The van der Waals surface area contributed by atoms with Crippen molar-refractivity contribution in [2.45, 2.75) is 33.4 Å². The monoisotopic (exact) mass is 366 g/mol. The van der Waals surface area contributed by atoms with Crippen molar-refractivity contribution >= 4 is 12.2 Å². The molecule has 2 N–H and O–H groups in total. The average molecular weight is 366 g/mol. The van der Waals surface area contributed by atoms with Crippen molar-refractivity contribution in [3.8, 4) is 5.69 Å². The maximum absolute atomic E-state index is 12.2. The van der Waals surface area contributed by atoms with Crippen molar-refractivity contribution in [3.05, 3.63) is 79.7 Å². The smallest absolute Gasteiger partial charge is 0.256 e. The summed E-state index contributed by atoms with van der Waals surface area (Å²) < 4.78 is 2.70. The van der Waals surface area contributed by atoms with Crippen molar-refractivity contribution in [1.29, 1.82) is 0 Å². The summed E-state index contributed by atoms with van der Waals surface area (Å²) in [6.45, 7) is 6.70. The number of para-hydroxylation sites is 1. The van der Waals surface area contributed by atoms with Gasteiger partial charge in [-0.15, -0.1) is 0 Å². The number of nitrogens with zero attached hydrogens (tertiary/aromatic N) is 2. The number of rotatable bonds is 3. The third kappa shape index (κ3) is 3.06. The molecule has 0 amide bonds. The molecule has 1 aromatic carbocycles. The first-order valence-electron chi connectivity index (χ1n) is 8.83. The van der Waals surface area contributed by atoms with Crippen LogP contribution in [0, 0.1) is 18.6 Å². The minimum atomic E-state index is -0.0665. The second-order valence-electron chi connectivity index (χ2n) is 6.89. The van der Waals surface area contributed by atoms with Crippen LogP contribution in [0.3, 0.4) is 0 Å². The third-order valence-electron chi connectivity index (χ3n) is 5.13. The molecule has 0 spiro atoms. The summed E-state index contributed by atoms with van der Waals surface area (Å²) in [5.41, 5.74) is 6.68. The summed E-state index contributed by atoms with van der Waals surface area (Å²) in [6.07, 6.45) is 0.820. The fourth-order valence-corrected chi connectivity index (χ4v) is 4.07. The molecule has 0 bridgehead atoms. The number of hydrogen-bond acceptors (Lipinski definition) is 3. The molecule has 3 aromatic rings. The van der Waals surface area contributed by atoms with E-state index in [0.717, 1.165) is 30.8 Å². The number of fused-ring (bicyclic) bond motifs is 1. The van der Waals surface area contributed by atoms with Crippen LogP contribution in [-0.4, -0.2) is 26.0 Å². The molecule has 4 rings (SSSR count). The molecule has 3 heterocycles. The third-order valence-corrected chi connectivity index (χ3v) is 5.34. The maximum atomic E-state index is 12.2. The van der Waals surface area contributed by atoms with E-state index in [-0.39, 0.29) is 5.56 Å². The van der Waals surface area contributed by atoms with Crippen LogP contribution in [-0.2, 0) is 19.5 Å². The van der Waals surface area contributed by atoms with Crippen molar-refractivity contribution in [2.24, 2.45) is 0 Å². The van der Waals surface area contributed by atoms with Crippen LogP contribution in [0.5, 0.6) is 0 Å². The molecular formula is C20H22N4OS. The van der Waals surface area contributed by atoms with E-state index in [1.165, 1.54) is 22.6 Å². The Morgan fingerprint density at radius 2 is 1.92 bits per heavy atom. The predicted molar refractivity (Wildman–Crippen MR) is 105 cm³/mol. The van der Waals surface area contributed by atoms with Crippen molar-refractivity contribution in [3.63, 3.8) is 0 Å². The molecule has 1 aliphatic heterocycles. The van der Waals surface area contributed by atoms with Crippen LogP contribution in [0.15, 0.2) is 41.2 Å². The topological polar surface area (TPSA) is 56.8 Å². The Hall–Kier alpha value is -2.44. The highest BCUT2D eigenvalue weighted by Crippen LogP contribution is 2.23. The van der Waals surface area contributed by atoms with Gasteiger partial charge in [0.15, 0.2) is 4.77 Å². The van der Waals surface area contributed by atoms with E-state index in [1.807, 2.05) is 6.07 Å². The number of aryl methyl sites for hydroxylation is 1. The first-order valence-corrected chi connectivity index (χ1v) is 9.23. The standard InChI is InChI=1S/C20H22N4OS/c1-13-10-15(14(2)24(13)16-6-4-3-5-7-16)11-23-9-8-18-17(12-23)19(25)22-20(26)21-18/h3-7,10H,8-9,11-12H2,1-2H3,(H2,21,22,25,26). The lowest BCUT2D eigenvalue weighted by Gasteiger charge is -2.27. The van der Waals surface area contributed by atoms with E-state index in [1.54, 1.807) is 0 Å². The zero-order chi connectivity index (χ0) is 18.3. The summed E-state index contributed by atoms with van der Waals surface area (Å²) in [4.78, 5) is 20.4. The molecular weight excluding hydrogens is 344 g/mol. The van der Waals surface area contributed by atoms with Crippen LogP contribution in [0.1, 0.15) is 28.2 Å². The van der Waals surface area contributed by atoms with Gasteiger partial charge in [0.1, 0.15) is 0 Å². The Balaban J connectivity index is 1.61. The highest BCUT2D eigenvalue weighted by atomic mass is 32.1. The molecule has 0 unspecified atom stereocenters. The second kappa shape index (κ2) is 6.70. The van der Waals surface area contributed by atoms with E-state index >= 15 is 0 Å². The van der Waals surface area contributed by atoms with Crippen LogP contribution in [0.4, 0.5) is 0 Å². The number of aromatic amines is 2. The molecule has 26 heavy (non-hydrogen) atoms.